The van der Waals surface area contributed by atoms with Crippen molar-refractivity contribution < 1.29 is 8.78 Å². The van der Waals surface area contributed by atoms with Gasteiger partial charge in [-0.3, -0.25) is 0 Å². The molecule has 2 N–H and O–H groups in total. The maximum Gasteiger partial charge on any atom is 0.159 e. The van der Waals surface area contributed by atoms with Crippen LogP contribution in [0.2, 0.25) is 0 Å². The summed E-state index contributed by atoms with van der Waals surface area (Å²) in [4.78, 5) is 0. The minimum Gasteiger partial charge on any atom is -0.324 e. The Morgan fingerprint density at radius 3 is 2.71 bits per heavy atom. The summed E-state index contributed by atoms with van der Waals surface area (Å²) < 4.78 is 26.3. The second-order valence-electron chi connectivity index (χ2n) is 5.80. The predicted molar refractivity (Wildman–Crippen MR) is 80.0 cm³/mol. The van der Waals surface area contributed by atoms with Gasteiger partial charge >= 0.3 is 0 Å². The van der Waals surface area contributed by atoms with Crippen LogP contribution in [0.4, 0.5) is 8.78 Å². The van der Waals surface area contributed by atoms with Crippen LogP contribution in [0.3, 0.4) is 0 Å². The molecule has 2 atom stereocenters. The van der Waals surface area contributed by atoms with Crippen LogP contribution in [0.1, 0.15) is 47.9 Å². The fourth-order valence-corrected chi connectivity index (χ4v) is 3.28. The number of fused-ring (bicyclic) bond motifs is 1. The molecule has 0 aromatic heterocycles. The van der Waals surface area contributed by atoms with E-state index >= 15 is 0 Å². The number of nitrogens with two attached hydrogens (primary N) is 1. The molecule has 2 aromatic carbocycles. The van der Waals surface area contributed by atoms with Crippen molar-refractivity contribution in [2.24, 2.45) is 5.73 Å². The molecule has 0 bridgehead atoms. The van der Waals surface area contributed by atoms with E-state index in [2.05, 4.69) is 24.3 Å². The third kappa shape index (κ3) is 2.98. The van der Waals surface area contributed by atoms with E-state index in [9.17, 15) is 8.78 Å². The maximum absolute atomic E-state index is 13.3. The Morgan fingerprint density at radius 2 is 1.90 bits per heavy atom. The van der Waals surface area contributed by atoms with Crippen molar-refractivity contribution in [2.75, 3.05) is 0 Å². The third-order valence-corrected chi connectivity index (χ3v) is 4.40. The van der Waals surface area contributed by atoms with Crippen LogP contribution in [0, 0.1) is 11.6 Å². The van der Waals surface area contributed by atoms with Crippen LogP contribution in [0.15, 0.2) is 42.5 Å². The fourth-order valence-electron chi connectivity index (χ4n) is 3.28. The Balaban J connectivity index is 1.79. The lowest BCUT2D eigenvalue weighted by Gasteiger charge is -2.27. The van der Waals surface area contributed by atoms with Gasteiger partial charge in [0.05, 0.1) is 0 Å². The highest BCUT2D eigenvalue weighted by atomic mass is 19.2. The topological polar surface area (TPSA) is 26.0 Å². The lowest BCUT2D eigenvalue weighted by molar-refractivity contribution is 0.470. The quantitative estimate of drug-likeness (QED) is 0.885. The van der Waals surface area contributed by atoms with Gasteiger partial charge in [0.2, 0.25) is 0 Å². The van der Waals surface area contributed by atoms with Crippen LogP contribution >= 0.6 is 0 Å². The van der Waals surface area contributed by atoms with E-state index in [0.29, 0.717) is 11.5 Å². The van der Waals surface area contributed by atoms with Gasteiger partial charge in [-0.05, 0) is 60.4 Å². The van der Waals surface area contributed by atoms with Crippen molar-refractivity contribution in [3.05, 3.63) is 70.8 Å². The summed E-state index contributed by atoms with van der Waals surface area (Å²) >= 11 is 0. The zero-order chi connectivity index (χ0) is 14.8. The second-order valence-corrected chi connectivity index (χ2v) is 5.80. The SMILES string of the molecule is NC(CC1CCCc2ccccc21)c1ccc(F)c(F)c1. The normalized spacial score (nSPS) is 19.1. The van der Waals surface area contributed by atoms with Gasteiger partial charge in [-0.1, -0.05) is 30.3 Å². The van der Waals surface area contributed by atoms with Crippen molar-refractivity contribution in [1.82, 2.24) is 0 Å². The number of hydrogen-bond donors (Lipinski definition) is 1. The van der Waals surface area contributed by atoms with E-state index in [1.807, 2.05) is 0 Å². The van der Waals surface area contributed by atoms with Gasteiger partial charge in [0, 0.05) is 6.04 Å². The summed E-state index contributed by atoms with van der Waals surface area (Å²) in [7, 11) is 0. The maximum atomic E-state index is 13.3. The van der Waals surface area contributed by atoms with Crippen LogP contribution in [-0.2, 0) is 6.42 Å². The van der Waals surface area contributed by atoms with Gasteiger partial charge in [-0.2, -0.15) is 0 Å². The molecular weight excluding hydrogens is 268 g/mol. The van der Waals surface area contributed by atoms with Gasteiger partial charge in [0.15, 0.2) is 11.6 Å². The number of halogens is 2. The molecule has 0 amide bonds. The van der Waals surface area contributed by atoms with Crippen molar-refractivity contribution in [1.29, 1.82) is 0 Å². The van der Waals surface area contributed by atoms with Gasteiger partial charge in [0.1, 0.15) is 0 Å². The molecule has 1 nitrogen and oxygen atoms in total. The lowest BCUT2D eigenvalue weighted by Crippen LogP contribution is -2.18. The summed E-state index contributed by atoms with van der Waals surface area (Å²) in [5.74, 6) is -1.25. The fraction of sp³-hybridized carbons (Fsp3) is 0.333. The van der Waals surface area contributed by atoms with E-state index in [0.717, 1.165) is 31.7 Å². The number of rotatable bonds is 3. The summed E-state index contributed by atoms with van der Waals surface area (Å²) in [5.41, 5.74) is 9.63. The largest absolute Gasteiger partial charge is 0.324 e. The molecule has 0 spiro atoms. The Hall–Kier alpha value is -1.74. The van der Waals surface area contributed by atoms with E-state index in [-0.39, 0.29) is 6.04 Å². The first-order valence-corrected chi connectivity index (χ1v) is 7.43. The summed E-state index contributed by atoms with van der Waals surface area (Å²) in [6, 6.07) is 12.1. The molecule has 0 fully saturated rings. The minimum absolute atomic E-state index is 0.267. The van der Waals surface area contributed by atoms with E-state index < -0.39 is 11.6 Å². The molecule has 110 valence electrons. The first kappa shape index (κ1) is 14.2. The van der Waals surface area contributed by atoms with E-state index in [1.54, 1.807) is 6.07 Å². The molecule has 3 rings (SSSR count). The zero-order valence-corrected chi connectivity index (χ0v) is 11.9. The number of hydrogen-bond acceptors (Lipinski definition) is 1. The Morgan fingerprint density at radius 1 is 1.10 bits per heavy atom. The Labute approximate surface area is 123 Å². The van der Waals surface area contributed by atoms with Crippen LogP contribution in [-0.4, -0.2) is 0 Å². The van der Waals surface area contributed by atoms with Crippen LogP contribution in [0.25, 0.3) is 0 Å². The highest BCUT2D eigenvalue weighted by Gasteiger charge is 2.22. The van der Waals surface area contributed by atoms with E-state index in [4.69, 9.17) is 5.73 Å². The van der Waals surface area contributed by atoms with E-state index in [1.165, 1.54) is 17.2 Å². The molecule has 1 aliphatic rings. The highest BCUT2D eigenvalue weighted by molar-refractivity contribution is 5.33. The predicted octanol–water partition coefficient (Wildman–Crippen LogP) is 4.47. The number of benzene rings is 2. The van der Waals surface area contributed by atoms with Crippen molar-refractivity contribution in [2.45, 2.75) is 37.6 Å². The van der Waals surface area contributed by atoms with Gasteiger partial charge in [-0.25, -0.2) is 8.78 Å². The Kier molecular flexibility index (Phi) is 4.02. The number of aryl methyl sites for hydroxylation is 1. The van der Waals surface area contributed by atoms with Crippen LogP contribution < -0.4 is 5.73 Å². The average Bonchev–Trinajstić information content (AvgIpc) is 2.50. The van der Waals surface area contributed by atoms with Crippen LogP contribution in [0.5, 0.6) is 0 Å². The van der Waals surface area contributed by atoms with Gasteiger partial charge in [0.25, 0.3) is 0 Å². The first-order valence-electron chi connectivity index (χ1n) is 7.43. The standard InChI is InChI=1S/C18H19F2N/c19-16-9-8-14(10-17(16)20)18(21)11-13-6-3-5-12-4-1-2-7-15(12)13/h1-2,4,7-10,13,18H,3,5-6,11,21H2. The van der Waals surface area contributed by atoms with Crippen molar-refractivity contribution in [3.8, 4) is 0 Å². The molecule has 0 aliphatic heterocycles. The second kappa shape index (κ2) is 5.94. The molecule has 0 radical (unpaired) electrons. The average molecular weight is 287 g/mol. The monoisotopic (exact) mass is 287 g/mol. The smallest absolute Gasteiger partial charge is 0.159 e. The molecule has 0 saturated carbocycles. The molecule has 0 heterocycles. The molecule has 2 unspecified atom stereocenters. The van der Waals surface area contributed by atoms with Crippen molar-refractivity contribution >= 4 is 0 Å². The molecule has 0 saturated heterocycles. The molecule has 3 heteroatoms. The molecule has 2 aromatic rings. The molecular formula is C18H19F2N. The van der Waals surface area contributed by atoms with Crippen molar-refractivity contribution in [3.63, 3.8) is 0 Å². The zero-order valence-electron chi connectivity index (χ0n) is 11.9. The molecule has 1 aliphatic carbocycles. The summed E-state index contributed by atoms with van der Waals surface area (Å²) in [6.07, 6.45) is 4.15. The minimum atomic E-state index is -0.827. The summed E-state index contributed by atoms with van der Waals surface area (Å²) in [6.45, 7) is 0. The van der Waals surface area contributed by atoms with Gasteiger partial charge in [-0.15, -0.1) is 0 Å². The molecule has 21 heavy (non-hydrogen) atoms. The highest BCUT2D eigenvalue weighted by Crippen LogP contribution is 2.37. The third-order valence-electron chi connectivity index (χ3n) is 4.40. The first-order chi connectivity index (χ1) is 10.1. The van der Waals surface area contributed by atoms with Gasteiger partial charge < -0.3 is 5.73 Å². The lowest BCUT2D eigenvalue weighted by atomic mass is 9.79. The summed E-state index contributed by atoms with van der Waals surface area (Å²) in [5, 5.41) is 0. The Bertz CT molecular complexity index is 639.